The Morgan fingerprint density at radius 3 is 2.35 bits per heavy atom. The lowest BCUT2D eigenvalue weighted by Crippen LogP contribution is -2.34. The van der Waals surface area contributed by atoms with E-state index in [1.807, 2.05) is 0 Å². The molecule has 6 nitrogen and oxygen atoms in total. The summed E-state index contributed by atoms with van der Waals surface area (Å²) in [5.74, 6) is -0.0417. The van der Waals surface area contributed by atoms with E-state index in [1.165, 1.54) is 14.2 Å². The van der Waals surface area contributed by atoms with Crippen LogP contribution in [0.3, 0.4) is 0 Å². The standard InChI is InChI=1S/C14H15NO5/c1-19-9-3-4-10(12(7-9)20-2)11(16)8-15-13(17)5-6-14(15)18/h3-4,7H,5-6,8H2,1-2H3. The van der Waals surface area contributed by atoms with Gasteiger partial charge in [0, 0.05) is 18.9 Å². The van der Waals surface area contributed by atoms with Crippen LogP contribution in [0.4, 0.5) is 0 Å². The lowest BCUT2D eigenvalue weighted by atomic mass is 10.1. The number of ether oxygens (including phenoxy) is 2. The SMILES string of the molecule is COc1ccc(C(=O)CN2C(=O)CCC2=O)c(OC)c1. The van der Waals surface area contributed by atoms with Gasteiger partial charge in [-0.05, 0) is 12.1 Å². The molecule has 1 fully saturated rings. The van der Waals surface area contributed by atoms with Crippen LogP contribution in [0.15, 0.2) is 18.2 Å². The molecule has 1 aliphatic rings. The third-order valence-corrected chi connectivity index (χ3v) is 3.17. The van der Waals surface area contributed by atoms with Crippen LogP contribution in [-0.2, 0) is 9.59 Å². The van der Waals surface area contributed by atoms with E-state index in [4.69, 9.17) is 9.47 Å². The second-order valence-electron chi connectivity index (χ2n) is 4.36. The zero-order chi connectivity index (χ0) is 14.7. The van der Waals surface area contributed by atoms with Gasteiger partial charge >= 0.3 is 0 Å². The molecule has 1 saturated heterocycles. The zero-order valence-corrected chi connectivity index (χ0v) is 11.3. The van der Waals surface area contributed by atoms with Gasteiger partial charge in [-0.1, -0.05) is 0 Å². The summed E-state index contributed by atoms with van der Waals surface area (Å²) in [6.07, 6.45) is 0.345. The fraction of sp³-hybridized carbons (Fsp3) is 0.357. The number of rotatable bonds is 5. The molecule has 1 aliphatic heterocycles. The molecule has 0 atom stereocenters. The predicted molar refractivity (Wildman–Crippen MR) is 69.8 cm³/mol. The van der Waals surface area contributed by atoms with Crippen molar-refractivity contribution in [2.75, 3.05) is 20.8 Å². The van der Waals surface area contributed by atoms with Crippen LogP contribution in [0.25, 0.3) is 0 Å². The number of hydrogen-bond donors (Lipinski definition) is 0. The van der Waals surface area contributed by atoms with Gasteiger partial charge in [0.25, 0.3) is 0 Å². The van der Waals surface area contributed by atoms with Crippen molar-refractivity contribution in [3.63, 3.8) is 0 Å². The van der Waals surface area contributed by atoms with Crippen LogP contribution >= 0.6 is 0 Å². The number of amides is 2. The van der Waals surface area contributed by atoms with E-state index < -0.39 is 0 Å². The lowest BCUT2D eigenvalue weighted by molar-refractivity contribution is -0.137. The van der Waals surface area contributed by atoms with Gasteiger partial charge in [-0.15, -0.1) is 0 Å². The molecule has 0 radical (unpaired) electrons. The second-order valence-corrected chi connectivity index (χ2v) is 4.36. The van der Waals surface area contributed by atoms with Crippen LogP contribution in [-0.4, -0.2) is 43.3 Å². The number of Topliss-reactive ketones (excluding diaryl/α,β-unsaturated/α-hetero) is 1. The lowest BCUT2D eigenvalue weighted by Gasteiger charge is -2.14. The normalized spacial score (nSPS) is 14.6. The van der Waals surface area contributed by atoms with Gasteiger partial charge in [-0.25, -0.2) is 0 Å². The number of hydrogen-bond acceptors (Lipinski definition) is 5. The highest BCUT2D eigenvalue weighted by Gasteiger charge is 2.31. The number of methoxy groups -OCH3 is 2. The van der Waals surface area contributed by atoms with Gasteiger partial charge in [0.2, 0.25) is 11.8 Å². The Morgan fingerprint density at radius 2 is 1.80 bits per heavy atom. The number of ketones is 1. The molecule has 0 aliphatic carbocycles. The van der Waals surface area contributed by atoms with Gasteiger partial charge in [0.05, 0.1) is 26.3 Å². The second kappa shape index (κ2) is 5.73. The molecule has 2 amide bonds. The van der Waals surface area contributed by atoms with E-state index in [2.05, 4.69) is 0 Å². The highest BCUT2D eigenvalue weighted by molar-refractivity contribution is 6.08. The van der Waals surface area contributed by atoms with Crippen molar-refractivity contribution in [3.05, 3.63) is 23.8 Å². The number of carbonyl (C=O) groups excluding carboxylic acids is 3. The third kappa shape index (κ3) is 2.64. The van der Waals surface area contributed by atoms with Crippen molar-refractivity contribution < 1.29 is 23.9 Å². The molecule has 0 unspecified atom stereocenters. The number of benzene rings is 1. The minimum Gasteiger partial charge on any atom is -0.497 e. The average molecular weight is 277 g/mol. The number of carbonyl (C=O) groups is 3. The molecule has 106 valence electrons. The van der Waals surface area contributed by atoms with Crippen molar-refractivity contribution >= 4 is 17.6 Å². The molecule has 1 aromatic carbocycles. The topological polar surface area (TPSA) is 72.9 Å². The van der Waals surface area contributed by atoms with Gasteiger partial charge in [0.1, 0.15) is 11.5 Å². The summed E-state index contributed by atoms with van der Waals surface area (Å²) in [5, 5.41) is 0. The molecule has 2 rings (SSSR count). The van der Waals surface area contributed by atoms with E-state index in [0.717, 1.165) is 4.90 Å². The molecular weight excluding hydrogens is 262 g/mol. The molecule has 0 N–H and O–H groups in total. The smallest absolute Gasteiger partial charge is 0.230 e. The Bertz CT molecular complexity index is 551. The summed E-state index contributed by atoms with van der Waals surface area (Å²) < 4.78 is 10.2. The van der Waals surface area contributed by atoms with Gasteiger partial charge < -0.3 is 9.47 Å². The first-order valence-electron chi connectivity index (χ1n) is 6.15. The Kier molecular flexibility index (Phi) is 4.02. The summed E-state index contributed by atoms with van der Waals surface area (Å²) in [6, 6.07) is 4.77. The fourth-order valence-corrected chi connectivity index (χ4v) is 2.06. The van der Waals surface area contributed by atoms with E-state index in [9.17, 15) is 14.4 Å². The Labute approximate surface area is 116 Å². The first-order valence-corrected chi connectivity index (χ1v) is 6.15. The fourth-order valence-electron chi connectivity index (χ4n) is 2.06. The maximum Gasteiger partial charge on any atom is 0.230 e. The molecule has 0 aromatic heterocycles. The van der Waals surface area contributed by atoms with Gasteiger partial charge in [-0.3, -0.25) is 19.3 Å². The summed E-state index contributed by atoms with van der Waals surface area (Å²) in [6.45, 7) is -0.250. The summed E-state index contributed by atoms with van der Waals surface area (Å²) >= 11 is 0. The molecule has 1 aromatic rings. The van der Waals surface area contributed by atoms with Crippen molar-refractivity contribution in [1.82, 2.24) is 4.90 Å². The van der Waals surface area contributed by atoms with Gasteiger partial charge in [0.15, 0.2) is 5.78 Å². The monoisotopic (exact) mass is 277 g/mol. The number of likely N-dealkylation sites (tertiary alicyclic amines) is 1. The van der Waals surface area contributed by atoms with Crippen molar-refractivity contribution in [1.29, 1.82) is 0 Å². The predicted octanol–water partition coefficient (Wildman–Crippen LogP) is 1.04. The molecule has 0 saturated carbocycles. The summed E-state index contributed by atoms with van der Waals surface area (Å²) in [7, 11) is 2.95. The van der Waals surface area contributed by atoms with Gasteiger partial charge in [-0.2, -0.15) is 0 Å². The van der Waals surface area contributed by atoms with Crippen molar-refractivity contribution in [2.24, 2.45) is 0 Å². The first-order chi connectivity index (χ1) is 9.56. The van der Waals surface area contributed by atoms with Crippen LogP contribution in [0, 0.1) is 0 Å². The number of imide groups is 1. The van der Waals surface area contributed by atoms with E-state index in [-0.39, 0.29) is 37.0 Å². The van der Waals surface area contributed by atoms with E-state index >= 15 is 0 Å². The first kappa shape index (κ1) is 14.0. The highest BCUT2D eigenvalue weighted by Crippen LogP contribution is 2.25. The molecular formula is C14H15NO5. The van der Waals surface area contributed by atoms with Crippen molar-refractivity contribution in [2.45, 2.75) is 12.8 Å². The third-order valence-electron chi connectivity index (χ3n) is 3.17. The summed E-state index contributed by atoms with van der Waals surface area (Å²) in [4.78, 5) is 36.2. The molecule has 6 heteroatoms. The quantitative estimate of drug-likeness (QED) is 0.594. The molecule has 0 spiro atoms. The molecule has 0 bridgehead atoms. The maximum absolute atomic E-state index is 12.2. The minimum atomic E-state index is -0.340. The molecule has 20 heavy (non-hydrogen) atoms. The van der Waals surface area contributed by atoms with E-state index in [0.29, 0.717) is 17.1 Å². The van der Waals surface area contributed by atoms with Crippen LogP contribution in [0.5, 0.6) is 11.5 Å². The summed E-state index contributed by atoms with van der Waals surface area (Å²) in [5.41, 5.74) is 0.320. The van der Waals surface area contributed by atoms with Crippen LogP contribution in [0.1, 0.15) is 23.2 Å². The minimum absolute atomic E-state index is 0.172. The maximum atomic E-state index is 12.2. The molecule has 1 heterocycles. The zero-order valence-electron chi connectivity index (χ0n) is 11.3. The largest absolute Gasteiger partial charge is 0.497 e. The highest BCUT2D eigenvalue weighted by atomic mass is 16.5. The Balaban J connectivity index is 2.21. The van der Waals surface area contributed by atoms with Crippen LogP contribution in [0.2, 0.25) is 0 Å². The Hall–Kier alpha value is -2.37. The van der Waals surface area contributed by atoms with E-state index in [1.54, 1.807) is 18.2 Å². The van der Waals surface area contributed by atoms with Crippen LogP contribution < -0.4 is 9.47 Å². The Morgan fingerprint density at radius 1 is 1.15 bits per heavy atom. The number of nitrogens with zero attached hydrogens (tertiary/aromatic N) is 1. The van der Waals surface area contributed by atoms with Crippen molar-refractivity contribution in [3.8, 4) is 11.5 Å². The average Bonchev–Trinajstić information content (AvgIpc) is 2.78.